The van der Waals surface area contributed by atoms with Gasteiger partial charge in [0.05, 0.1) is 0 Å². The highest BCUT2D eigenvalue weighted by atomic mass is 16.4. The lowest BCUT2D eigenvalue weighted by atomic mass is 9.78. The van der Waals surface area contributed by atoms with Gasteiger partial charge in [-0.1, -0.05) is 53.7 Å². The van der Waals surface area contributed by atoms with Gasteiger partial charge in [-0.15, -0.1) is 0 Å². The Labute approximate surface area is 179 Å². The standard InChI is InChI=1S/C25H33NO4/c1-24(2,3)19-14-17(15-20(23(19)30)25(4,5)6)16-10-12-18(13-11-16)26-21(27)8-7-9-22(28)29/h10-15,30H,7-9H2,1-6H3,(H,26,27)(H,28,29). The van der Waals surface area contributed by atoms with Crippen molar-refractivity contribution in [3.05, 3.63) is 47.5 Å². The van der Waals surface area contributed by atoms with Gasteiger partial charge in [-0.3, -0.25) is 9.59 Å². The molecule has 0 heterocycles. The van der Waals surface area contributed by atoms with Gasteiger partial charge in [0.25, 0.3) is 0 Å². The number of carbonyl (C=O) groups is 2. The highest BCUT2D eigenvalue weighted by Gasteiger charge is 2.26. The molecule has 0 aliphatic heterocycles. The molecule has 162 valence electrons. The van der Waals surface area contributed by atoms with E-state index in [0.29, 0.717) is 17.9 Å². The Balaban J connectivity index is 2.29. The zero-order valence-electron chi connectivity index (χ0n) is 18.8. The Hall–Kier alpha value is -2.82. The molecule has 0 fully saturated rings. The number of phenolic OH excluding ortho intramolecular Hbond substituents is 1. The highest BCUT2D eigenvalue weighted by Crippen LogP contribution is 2.42. The van der Waals surface area contributed by atoms with Crippen molar-refractivity contribution in [2.45, 2.75) is 71.6 Å². The van der Waals surface area contributed by atoms with Crippen LogP contribution in [-0.2, 0) is 20.4 Å². The predicted molar refractivity (Wildman–Crippen MR) is 121 cm³/mol. The quantitative estimate of drug-likeness (QED) is 0.557. The lowest BCUT2D eigenvalue weighted by Gasteiger charge is -2.28. The fourth-order valence-electron chi connectivity index (χ4n) is 3.31. The minimum atomic E-state index is -0.898. The number of anilines is 1. The zero-order valence-corrected chi connectivity index (χ0v) is 18.8. The van der Waals surface area contributed by atoms with Crippen LogP contribution in [0.25, 0.3) is 11.1 Å². The summed E-state index contributed by atoms with van der Waals surface area (Å²) in [6.07, 6.45) is 0.479. The van der Waals surface area contributed by atoms with Gasteiger partial charge in [-0.05, 0) is 52.6 Å². The number of phenols is 1. The Morgan fingerprint density at radius 1 is 0.833 bits per heavy atom. The molecular weight excluding hydrogens is 378 g/mol. The summed E-state index contributed by atoms with van der Waals surface area (Å²) < 4.78 is 0. The maximum Gasteiger partial charge on any atom is 0.303 e. The Morgan fingerprint density at radius 2 is 1.33 bits per heavy atom. The summed E-state index contributed by atoms with van der Waals surface area (Å²) in [5.41, 5.74) is 4.08. The molecule has 3 N–H and O–H groups in total. The summed E-state index contributed by atoms with van der Waals surface area (Å²) in [5.74, 6) is -0.743. The minimum absolute atomic E-state index is 0.0145. The summed E-state index contributed by atoms with van der Waals surface area (Å²) in [4.78, 5) is 22.5. The molecule has 1 amide bonds. The van der Waals surface area contributed by atoms with Crippen LogP contribution in [-0.4, -0.2) is 22.1 Å². The lowest BCUT2D eigenvalue weighted by Crippen LogP contribution is -2.17. The Kier molecular flexibility index (Phi) is 6.96. The van der Waals surface area contributed by atoms with Gasteiger partial charge in [-0.25, -0.2) is 0 Å². The number of rotatable bonds is 6. The van der Waals surface area contributed by atoms with Crippen molar-refractivity contribution in [3.8, 4) is 16.9 Å². The van der Waals surface area contributed by atoms with E-state index >= 15 is 0 Å². The minimum Gasteiger partial charge on any atom is -0.507 e. The van der Waals surface area contributed by atoms with E-state index in [1.54, 1.807) is 0 Å². The monoisotopic (exact) mass is 411 g/mol. The third-order valence-electron chi connectivity index (χ3n) is 5.02. The summed E-state index contributed by atoms with van der Waals surface area (Å²) in [6.45, 7) is 12.5. The number of aliphatic carboxylic acids is 1. The van der Waals surface area contributed by atoms with Crippen LogP contribution in [0.15, 0.2) is 36.4 Å². The van der Waals surface area contributed by atoms with Gasteiger partial charge < -0.3 is 15.5 Å². The van der Waals surface area contributed by atoms with E-state index in [1.807, 2.05) is 36.4 Å². The SMILES string of the molecule is CC(C)(C)c1cc(-c2ccc(NC(=O)CCCC(=O)O)cc2)cc(C(C)(C)C)c1O. The van der Waals surface area contributed by atoms with E-state index in [-0.39, 0.29) is 29.6 Å². The average Bonchev–Trinajstić information content (AvgIpc) is 2.60. The third kappa shape index (κ3) is 6.09. The molecule has 0 aliphatic rings. The molecule has 2 aromatic carbocycles. The largest absolute Gasteiger partial charge is 0.507 e. The molecule has 0 saturated carbocycles. The van der Waals surface area contributed by atoms with Gasteiger partial charge in [0, 0.05) is 29.7 Å². The molecule has 0 spiro atoms. The molecule has 2 rings (SSSR count). The molecule has 0 radical (unpaired) electrons. The molecule has 0 unspecified atom stereocenters. The van der Waals surface area contributed by atoms with E-state index < -0.39 is 5.97 Å². The van der Waals surface area contributed by atoms with E-state index in [9.17, 15) is 14.7 Å². The van der Waals surface area contributed by atoms with Crippen LogP contribution >= 0.6 is 0 Å². The molecular formula is C25H33NO4. The molecule has 5 heteroatoms. The fraction of sp³-hybridized carbons (Fsp3) is 0.440. The second kappa shape index (κ2) is 8.90. The van der Waals surface area contributed by atoms with Crippen molar-refractivity contribution in [2.75, 3.05) is 5.32 Å². The maximum absolute atomic E-state index is 12.0. The Morgan fingerprint density at radius 3 is 1.77 bits per heavy atom. The molecule has 5 nitrogen and oxygen atoms in total. The molecule has 0 bridgehead atoms. The molecule has 2 aromatic rings. The number of amides is 1. The van der Waals surface area contributed by atoms with Crippen molar-refractivity contribution in [2.24, 2.45) is 0 Å². The first kappa shape index (κ1) is 23.5. The number of nitrogens with one attached hydrogen (secondary N) is 1. The van der Waals surface area contributed by atoms with Crippen LogP contribution in [0.5, 0.6) is 5.75 Å². The van der Waals surface area contributed by atoms with Crippen LogP contribution in [0.2, 0.25) is 0 Å². The molecule has 0 aromatic heterocycles. The topological polar surface area (TPSA) is 86.6 Å². The van der Waals surface area contributed by atoms with Crippen LogP contribution in [0.4, 0.5) is 5.69 Å². The first-order valence-corrected chi connectivity index (χ1v) is 10.3. The number of carboxylic acids is 1. The van der Waals surface area contributed by atoms with Gasteiger partial charge >= 0.3 is 5.97 Å². The summed E-state index contributed by atoms with van der Waals surface area (Å²) >= 11 is 0. The van der Waals surface area contributed by atoms with Crippen molar-refractivity contribution >= 4 is 17.6 Å². The molecule has 0 saturated heterocycles. The lowest BCUT2D eigenvalue weighted by molar-refractivity contribution is -0.137. The first-order valence-electron chi connectivity index (χ1n) is 10.3. The molecule has 30 heavy (non-hydrogen) atoms. The van der Waals surface area contributed by atoms with Gasteiger partial charge in [0.1, 0.15) is 5.75 Å². The van der Waals surface area contributed by atoms with Gasteiger partial charge in [0.15, 0.2) is 0 Å². The van der Waals surface area contributed by atoms with E-state index in [0.717, 1.165) is 22.3 Å². The second-order valence-corrected chi connectivity index (χ2v) is 9.79. The van der Waals surface area contributed by atoms with E-state index in [2.05, 4.69) is 46.9 Å². The van der Waals surface area contributed by atoms with E-state index in [4.69, 9.17) is 5.11 Å². The normalized spacial score (nSPS) is 11.9. The van der Waals surface area contributed by atoms with Crippen molar-refractivity contribution < 1.29 is 19.8 Å². The Bertz CT molecular complexity index is 881. The maximum atomic E-state index is 12.0. The number of aromatic hydroxyl groups is 1. The average molecular weight is 412 g/mol. The number of benzene rings is 2. The van der Waals surface area contributed by atoms with Gasteiger partial charge in [-0.2, -0.15) is 0 Å². The van der Waals surface area contributed by atoms with Crippen LogP contribution < -0.4 is 5.32 Å². The van der Waals surface area contributed by atoms with Crippen molar-refractivity contribution in [1.82, 2.24) is 0 Å². The number of hydrogen-bond acceptors (Lipinski definition) is 3. The summed E-state index contributed by atoms with van der Waals surface area (Å²) in [5, 5.41) is 22.4. The van der Waals surface area contributed by atoms with Crippen LogP contribution in [0, 0.1) is 0 Å². The second-order valence-electron chi connectivity index (χ2n) is 9.79. The number of carbonyl (C=O) groups excluding carboxylic acids is 1. The third-order valence-corrected chi connectivity index (χ3v) is 5.02. The van der Waals surface area contributed by atoms with Gasteiger partial charge in [0.2, 0.25) is 5.91 Å². The van der Waals surface area contributed by atoms with Crippen molar-refractivity contribution in [1.29, 1.82) is 0 Å². The number of carboxylic acid groups (broad SMARTS) is 1. The first-order chi connectivity index (χ1) is 13.8. The fourth-order valence-corrected chi connectivity index (χ4v) is 3.31. The number of hydrogen-bond donors (Lipinski definition) is 3. The summed E-state index contributed by atoms with van der Waals surface area (Å²) in [7, 11) is 0. The predicted octanol–water partition coefficient (Wildman–Crippen LogP) is 5.85. The van der Waals surface area contributed by atoms with Crippen molar-refractivity contribution in [3.63, 3.8) is 0 Å². The summed E-state index contributed by atoms with van der Waals surface area (Å²) in [6, 6.07) is 11.6. The smallest absolute Gasteiger partial charge is 0.303 e. The molecule has 0 aliphatic carbocycles. The van der Waals surface area contributed by atoms with Crippen LogP contribution in [0.1, 0.15) is 71.9 Å². The molecule has 0 atom stereocenters. The highest BCUT2D eigenvalue weighted by molar-refractivity contribution is 5.91. The van der Waals surface area contributed by atoms with E-state index in [1.165, 1.54) is 0 Å². The zero-order chi connectivity index (χ0) is 22.7. The van der Waals surface area contributed by atoms with Crippen LogP contribution in [0.3, 0.4) is 0 Å².